The maximum Gasteiger partial charge on any atom is 0.157 e. The molecule has 1 atom stereocenters. The number of aryl methyl sites for hydroxylation is 1. The molecule has 27 heavy (non-hydrogen) atoms. The van der Waals surface area contributed by atoms with Gasteiger partial charge in [0, 0.05) is 37.5 Å². The number of nitrogens with one attached hydrogen (secondary N) is 1. The molecule has 7 nitrogen and oxygen atoms in total. The molecule has 0 aromatic carbocycles. The van der Waals surface area contributed by atoms with Crippen LogP contribution in [0.25, 0.3) is 5.65 Å². The molecule has 3 aromatic rings. The van der Waals surface area contributed by atoms with Gasteiger partial charge >= 0.3 is 0 Å². The highest BCUT2D eigenvalue weighted by Gasteiger charge is 2.25. The number of anilines is 1. The first-order valence-corrected chi connectivity index (χ1v) is 9.58. The third-order valence-corrected chi connectivity index (χ3v) is 5.02. The van der Waals surface area contributed by atoms with Crippen LogP contribution in [0.2, 0.25) is 0 Å². The number of aromatic nitrogens is 3. The lowest BCUT2D eigenvalue weighted by Crippen LogP contribution is -2.41. The summed E-state index contributed by atoms with van der Waals surface area (Å²) in [7, 11) is 0. The van der Waals surface area contributed by atoms with Crippen molar-refractivity contribution in [3.05, 3.63) is 47.7 Å². The van der Waals surface area contributed by atoms with Crippen LogP contribution in [0.5, 0.6) is 0 Å². The lowest BCUT2D eigenvalue weighted by molar-refractivity contribution is 0.0143. The molecule has 1 aliphatic rings. The van der Waals surface area contributed by atoms with Gasteiger partial charge in [-0.1, -0.05) is 13.8 Å². The summed E-state index contributed by atoms with van der Waals surface area (Å²) in [6.45, 7) is 10.3. The summed E-state index contributed by atoms with van der Waals surface area (Å²) < 4.78 is 13.3. The van der Waals surface area contributed by atoms with E-state index in [9.17, 15) is 0 Å². The van der Waals surface area contributed by atoms with Crippen LogP contribution in [-0.4, -0.2) is 52.3 Å². The van der Waals surface area contributed by atoms with E-state index in [1.807, 2.05) is 23.6 Å². The average Bonchev–Trinajstić information content (AvgIpc) is 3.31. The number of ether oxygens (including phenoxy) is 1. The van der Waals surface area contributed by atoms with E-state index >= 15 is 0 Å². The molecule has 1 aliphatic heterocycles. The highest BCUT2D eigenvalue weighted by molar-refractivity contribution is 5.49. The summed E-state index contributed by atoms with van der Waals surface area (Å²) in [5.74, 6) is 3.23. The quantitative estimate of drug-likeness (QED) is 0.719. The standard InChI is InChI=1S/C20H27N5O2/c1-14(2)16-12-20(25-19(23-16)6-7-22-25)21-13-17(18-5-4-15(3)27-18)24-8-10-26-11-9-24/h4-7,12,14,17,21H,8-11,13H2,1-3H3/t17-/m0/s1. The van der Waals surface area contributed by atoms with Crippen LogP contribution >= 0.6 is 0 Å². The van der Waals surface area contributed by atoms with Crippen molar-refractivity contribution in [3.63, 3.8) is 0 Å². The van der Waals surface area contributed by atoms with Crippen molar-refractivity contribution in [2.24, 2.45) is 0 Å². The molecule has 0 aliphatic carbocycles. The molecule has 4 heterocycles. The van der Waals surface area contributed by atoms with Crippen molar-refractivity contribution in [3.8, 4) is 0 Å². The molecule has 3 aromatic heterocycles. The molecule has 0 bridgehead atoms. The molecule has 4 rings (SSSR count). The number of rotatable bonds is 6. The Kier molecular flexibility index (Phi) is 5.13. The van der Waals surface area contributed by atoms with Gasteiger partial charge in [0.1, 0.15) is 17.3 Å². The van der Waals surface area contributed by atoms with Gasteiger partial charge in [-0.3, -0.25) is 4.90 Å². The molecule has 0 spiro atoms. The van der Waals surface area contributed by atoms with Gasteiger partial charge in [0.05, 0.1) is 25.5 Å². The second kappa shape index (κ2) is 7.70. The third-order valence-electron chi connectivity index (χ3n) is 5.02. The van der Waals surface area contributed by atoms with Crippen molar-refractivity contribution in [2.45, 2.75) is 32.7 Å². The number of fused-ring (bicyclic) bond motifs is 1. The van der Waals surface area contributed by atoms with E-state index in [2.05, 4.69) is 46.3 Å². The first kappa shape index (κ1) is 18.0. The van der Waals surface area contributed by atoms with Crippen LogP contribution in [-0.2, 0) is 4.74 Å². The molecule has 1 fully saturated rings. The fraction of sp³-hybridized carbons (Fsp3) is 0.500. The second-order valence-corrected chi connectivity index (χ2v) is 7.32. The van der Waals surface area contributed by atoms with E-state index in [4.69, 9.17) is 9.15 Å². The van der Waals surface area contributed by atoms with Crippen molar-refractivity contribution in [2.75, 3.05) is 38.2 Å². The number of hydrogen-bond acceptors (Lipinski definition) is 6. The van der Waals surface area contributed by atoms with Crippen LogP contribution in [0.15, 0.2) is 34.9 Å². The topological polar surface area (TPSA) is 67.8 Å². The highest BCUT2D eigenvalue weighted by Crippen LogP contribution is 2.25. The van der Waals surface area contributed by atoms with E-state index in [1.165, 1.54) is 0 Å². The summed E-state index contributed by atoms with van der Waals surface area (Å²) in [5, 5.41) is 8.01. The Morgan fingerprint density at radius 1 is 1.19 bits per heavy atom. The Morgan fingerprint density at radius 2 is 2.00 bits per heavy atom. The Hall–Kier alpha value is -2.38. The van der Waals surface area contributed by atoms with Gasteiger partial charge in [-0.05, 0) is 25.0 Å². The van der Waals surface area contributed by atoms with E-state index in [0.717, 1.165) is 61.5 Å². The molecule has 1 saturated heterocycles. The Labute approximate surface area is 159 Å². The summed E-state index contributed by atoms with van der Waals surface area (Å²) in [4.78, 5) is 7.11. The SMILES string of the molecule is Cc1ccc([C@H](CNc2cc(C(C)C)nc3ccnn23)N2CCOCC2)o1. The van der Waals surface area contributed by atoms with Crippen molar-refractivity contribution >= 4 is 11.5 Å². The van der Waals surface area contributed by atoms with Crippen molar-refractivity contribution in [1.82, 2.24) is 19.5 Å². The zero-order chi connectivity index (χ0) is 18.8. The third kappa shape index (κ3) is 3.84. The Balaban J connectivity index is 1.60. The molecule has 1 N–H and O–H groups in total. The minimum atomic E-state index is 0.142. The molecule has 0 saturated carbocycles. The molecular formula is C20H27N5O2. The minimum absolute atomic E-state index is 0.142. The van der Waals surface area contributed by atoms with Crippen LogP contribution in [0.4, 0.5) is 5.82 Å². The van der Waals surface area contributed by atoms with E-state index < -0.39 is 0 Å². The predicted octanol–water partition coefficient (Wildman–Crippen LogP) is 3.24. The molecule has 0 unspecified atom stereocenters. The van der Waals surface area contributed by atoms with Gasteiger partial charge < -0.3 is 14.5 Å². The smallest absolute Gasteiger partial charge is 0.157 e. The lowest BCUT2D eigenvalue weighted by atomic mass is 10.1. The summed E-state index contributed by atoms with van der Waals surface area (Å²) >= 11 is 0. The van der Waals surface area contributed by atoms with Gasteiger partial charge in [0.25, 0.3) is 0 Å². The van der Waals surface area contributed by atoms with Gasteiger partial charge in [0.2, 0.25) is 0 Å². The van der Waals surface area contributed by atoms with Crippen LogP contribution in [0.1, 0.15) is 43.0 Å². The zero-order valence-electron chi connectivity index (χ0n) is 16.2. The maximum atomic E-state index is 5.96. The van der Waals surface area contributed by atoms with Crippen LogP contribution in [0, 0.1) is 6.92 Å². The fourth-order valence-electron chi connectivity index (χ4n) is 3.49. The van der Waals surface area contributed by atoms with Gasteiger partial charge in [-0.15, -0.1) is 0 Å². The lowest BCUT2D eigenvalue weighted by Gasteiger charge is -2.33. The van der Waals surface area contributed by atoms with Gasteiger partial charge in [-0.25, -0.2) is 4.98 Å². The zero-order valence-corrected chi connectivity index (χ0v) is 16.2. The second-order valence-electron chi connectivity index (χ2n) is 7.32. The number of hydrogen-bond donors (Lipinski definition) is 1. The maximum absolute atomic E-state index is 5.96. The van der Waals surface area contributed by atoms with E-state index in [1.54, 1.807) is 6.20 Å². The summed E-state index contributed by atoms with van der Waals surface area (Å²) in [6.07, 6.45) is 1.78. The van der Waals surface area contributed by atoms with Crippen molar-refractivity contribution in [1.29, 1.82) is 0 Å². The number of nitrogens with zero attached hydrogens (tertiary/aromatic N) is 4. The molecule has 7 heteroatoms. The van der Waals surface area contributed by atoms with Gasteiger partial charge in [0.15, 0.2) is 5.65 Å². The summed E-state index contributed by atoms with van der Waals surface area (Å²) in [6, 6.07) is 8.27. The normalized spacial score (nSPS) is 16.9. The Bertz CT molecular complexity index is 895. The fourth-order valence-corrected chi connectivity index (χ4v) is 3.49. The molecular weight excluding hydrogens is 342 g/mol. The van der Waals surface area contributed by atoms with E-state index in [-0.39, 0.29) is 6.04 Å². The van der Waals surface area contributed by atoms with Crippen LogP contribution < -0.4 is 5.32 Å². The largest absolute Gasteiger partial charge is 0.465 e. The number of furan rings is 1. The Morgan fingerprint density at radius 3 is 2.70 bits per heavy atom. The van der Waals surface area contributed by atoms with Crippen LogP contribution in [0.3, 0.4) is 0 Å². The molecule has 0 amide bonds. The van der Waals surface area contributed by atoms with E-state index in [0.29, 0.717) is 5.92 Å². The first-order chi connectivity index (χ1) is 13.1. The van der Waals surface area contributed by atoms with Crippen molar-refractivity contribution < 1.29 is 9.15 Å². The predicted molar refractivity (Wildman–Crippen MR) is 104 cm³/mol. The van der Waals surface area contributed by atoms with Gasteiger partial charge in [-0.2, -0.15) is 9.61 Å². The average molecular weight is 369 g/mol. The minimum Gasteiger partial charge on any atom is -0.465 e. The molecule has 144 valence electrons. The number of morpholine rings is 1. The first-order valence-electron chi connectivity index (χ1n) is 9.58. The monoisotopic (exact) mass is 369 g/mol. The molecule has 0 radical (unpaired) electrons. The summed E-state index contributed by atoms with van der Waals surface area (Å²) in [5.41, 5.74) is 1.92. The highest BCUT2D eigenvalue weighted by atomic mass is 16.5.